The Hall–Kier alpha value is -2.70. The zero-order chi connectivity index (χ0) is 18.8. The molecule has 0 aliphatic heterocycles. The first-order chi connectivity index (χ1) is 12.5. The summed E-state index contributed by atoms with van der Waals surface area (Å²) < 4.78 is 1.71. The molecule has 0 atom stereocenters. The van der Waals surface area contributed by atoms with Crippen molar-refractivity contribution in [2.24, 2.45) is 0 Å². The number of hydrogen-bond acceptors (Lipinski definition) is 5. The van der Waals surface area contributed by atoms with Gasteiger partial charge in [-0.05, 0) is 18.6 Å². The Morgan fingerprint density at radius 2 is 1.12 bits per heavy atom. The van der Waals surface area contributed by atoms with Crippen molar-refractivity contribution < 1.29 is 0 Å². The van der Waals surface area contributed by atoms with Crippen molar-refractivity contribution in [2.75, 3.05) is 5.84 Å². The van der Waals surface area contributed by atoms with Gasteiger partial charge in [0.1, 0.15) is 0 Å². The molecule has 3 rings (SSSR count). The van der Waals surface area contributed by atoms with Crippen molar-refractivity contribution in [2.45, 2.75) is 58.4 Å². The van der Waals surface area contributed by atoms with Crippen LogP contribution in [0.4, 0.5) is 0 Å². The summed E-state index contributed by atoms with van der Waals surface area (Å²) in [4.78, 5) is 49.0. The number of benzene rings is 1. The lowest BCUT2D eigenvalue weighted by molar-refractivity contribution is 0.541. The molecule has 2 aromatic heterocycles. The molecule has 7 nitrogen and oxygen atoms in total. The number of aromatic nitrogens is 2. The molecule has 0 saturated carbocycles. The first-order valence-corrected chi connectivity index (χ1v) is 9.15. The zero-order valence-corrected chi connectivity index (χ0v) is 14.9. The van der Waals surface area contributed by atoms with E-state index in [4.69, 9.17) is 5.84 Å². The highest BCUT2D eigenvalue weighted by atomic mass is 16.2. The smallest absolute Gasteiger partial charge is 0.280 e. The van der Waals surface area contributed by atoms with Crippen LogP contribution in [0, 0.1) is 0 Å². The maximum absolute atomic E-state index is 12.5. The summed E-state index contributed by atoms with van der Waals surface area (Å²) in [6, 6.07) is 2.64. The SMILES string of the molecule is CCCCCCCCCn1c(=O)c2cc3c(=O)n(N)c(=O)c3cc2c1=O. The summed E-state index contributed by atoms with van der Waals surface area (Å²) in [6.07, 6.45) is 7.63. The molecule has 0 saturated heterocycles. The van der Waals surface area contributed by atoms with E-state index in [9.17, 15) is 19.2 Å². The largest absolute Gasteiger partial charge is 0.333 e. The lowest BCUT2D eigenvalue weighted by Crippen LogP contribution is -2.32. The molecule has 0 bridgehead atoms. The van der Waals surface area contributed by atoms with Gasteiger partial charge in [0.25, 0.3) is 22.2 Å². The molecular weight excluding hydrogens is 334 g/mol. The Labute approximate surface area is 149 Å². The average molecular weight is 357 g/mol. The Morgan fingerprint density at radius 1 is 0.692 bits per heavy atom. The van der Waals surface area contributed by atoms with Gasteiger partial charge in [0, 0.05) is 6.54 Å². The summed E-state index contributed by atoms with van der Waals surface area (Å²) in [5.74, 6) is 5.41. The van der Waals surface area contributed by atoms with Crippen molar-refractivity contribution in [3.8, 4) is 0 Å². The van der Waals surface area contributed by atoms with Crippen LogP contribution in [0.2, 0.25) is 0 Å². The third-order valence-corrected chi connectivity index (χ3v) is 4.99. The zero-order valence-electron chi connectivity index (χ0n) is 14.9. The molecule has 138 valence electrons. The van der Waals surface area contributed by atoms with E-state index in [1.807, 2.05) is 0 Å². The van der Waals surface area contributed by atoms with Gasteiger partial charge in [0.05, 0.1) is 21.5 Å². The van der Waals surface area contributed by atoms with E-state index < -0.39 is 22.2 Å². The van der Waals surface area contributed by atoms with Crippen LogP contribution in [0.25, 0.3) is 21.5 Å². The topological polar surface area (TPSA) is 104 Å². The minimum atomic E-state index is -0.654. The Bertz CT molecular complexity index is 1070. The van der Waals surface area contributed by atoms with Crippen molar-refractivity contribution in [3.63, 3.8) is 0 Å². The number of unbranched alkanes of at least 4 members (excludes halogenated alkanes) is 6. The van der Waals surface area contributed by atoms with E-state index >= 15 is 0 Å². The van der Waals surface area contributed by atoms with Crippen LogP contribution >= 0.6 is 0 Å². The van der Waals surface area contributed by atoms with E-state index in [0.717, 1.165) is 19.3 Å². The minimum absolute atomic E-state index is 0.0789. The van der Waals surface area contributed by atoms with E-state index in [0.29, 0.717) is 11.2 Å². The van der Waals surface area contributed by atoms with E-state index in [1.165, 1.54) is 42.4 Å². The second kappa shape index (κ2) is 7.27. The van der Waals surface area contributed by atoms with Crippen molar-refractivity contribution in [1.82, 2.24) is 9.24 Å². The quantitative estimate of drug-likeness (QED) is 0.484. The minimum Gasteiger partial charge on any atom is -0.333 e. The van der Waals surface area contributed by atoms with Crippen LogP contribution in [0.1, 0.15) is 51.9 Å². The fraction of sp³-hybridized carbons (Fsp3) is 0.474. The highest BCUT2D eigenvalue weighted by molar-refractivity contribution is 5.97. The molecule has 2 heterocycles. The number of fused-ring (bicyclic) bond motifs is 2. The fourth-order valence-corrected chi connectivity index (χ4v) is 3.47. The van der Waals surface area contributed by atoms with Crippen LogP contribution in [-0.2, 0) is 6.54 Å². The van der Waals surface area contributed by atoms with Crippen LogP contribution < -0.4 is 28.1 Å². The Kier molecular flexibility index (Phi) is 5.06. The number of nitrogens with two attached hydrogens (primary N) is 1. The summed E-state index contributed by atoms with van der Waals surface area (Å²) in [6.45, 7) is 2.53. The average Bonchev–Trinajstić information content (AvgIpc) is 3.00. The van der Waals surface area contributed by atoms with E-state index in [-0.39, 0.29) is 21.5 Å². The first-order valence-electron chi connectivity index (χ1n) is 9.15. The number of hydrogen-bond donors (Lipinski definition) is 1. The number of rotatable bonds is 8. The molecule has 0 radical (unpaired) electrons. The van der Waals surface area contributed by atoms with Crippen molar-refractivity contribution in [1.29, 1.82) is 0 Å². The first kappa shape index (κ1) is 18.1. The van der Waals surface area contributed by atoms with Gasteiger partial charge in [-0.15, -0.1) is 0 Å². The normalized spacial score (nSPS) is 11.7. The molecule has 26 heavy (non-hydrogen) atoms. The van der Waals surface area contributed by atoms with Crippen molar-refractivity contribution >= 4 is 21.5 Å². The second-order valence-corrected chi connectivity index (χ2v) is 6.81. The van der Waals surface area contributed by atoms with Crippen LogP contribution in [0.5, 0.6) is 0 Å². The summed E-state index contributed by atoms with van der Waals surface area (Å²) in [5, 5.41) is 0.506. The molecule has 1 aromatic carbocycles. The molecule has 2 N–H and O–H groups in total. The van der Waals surface area contributed by atoms with Crippen LogP contribution in [-0.4, -0.2) is 9.24 Å². The molecule has 7 heteroatoms. The maximum Gasteiger partial charge on any atom is 0.280 e. The molecule has 3 aromatic rings. The van der Waals surface area contributed by atoms with Gasteiger partial charge in [-0.2, -0.15) is 4.68 Å². The van der Waals surface area contributed by atoms with Gasteiger partial charge in [-0.1, -0.05) is 45.4 Å². The summed E-state index contributed by atoms with van der Waals surface area (Å²) in [7, 11) is 0. The predicted octanol–water partition coefficient (Wildman–Crippen LogP) is 1.38. The standard InChI is InChI=1S/C19H23N3O4/c1-2-3-4-5-6-7-8-9-21-16(23)12-10-14-15(11-13(12)17(21)24)19(26)22(20)18(14)25/h10-11H,2-9,20H2,1H3. The third kappa shape index (κ3) is 2.98. The van der Waals surface area contributed by atoms with Gasteiger partial charge >= 0.3 is 0 Å². The maximum atomic E-state index is 12.5. The van der Waals surface area contributed by atoms with Gasteiger partial charge < -0.3 is 5.84 Å². The van der Waals surface area contributed by atoms with Gasteiger partial charge in [0.2, 0.25) is 0 Å². The van der Waals surface area contributed by atoms with E-state index in [1.54, 1.807) is 0 Å². The second-order valence-electron chi connectivity index (χ2n) is 6.81. The molecule has 0 fully saturated rings. The fourth-order valence-electron chi connectivity index (χ4n) is 3.47. The molecule has 0 aliphatic rings. The van der Waals surface area contributed by atoms with Gasteiger partial charge in [-0.3, -0.25) is 23.7 Å². The molecule has 0 spiro atoms. The van der Waals surface area contributed by atoms with Gasteiger partial charge in [-0.25, -0.2) is 0 Å². The third-order valence-electron chi connectivity index (χ3n) is 4.99. The van der Waals surface area contributed by atoms with E-state index in [2.05, 4.69) is 6.92 Å². The Morgan fingerprint density at radius 3 is 1.62 bits per heavy atom. The molecule has 0 aliphatic carbocycles. The highest BCUT2D eigenvalue weighted by Gasteiger charge is 2.18. The molecular formula is C19H23N3O4. The highest BCUT2D eigenvalue weighted by Crippen LogP contribution is 2.14. The lowest BCUT2D eigenvalue weighted by atomic mass is 10.1. The number of nitrogens with zero attached hydrogens (tertiary/aromatic N) is 2. The summed E-state index contributed by atoms with van der Waals surface area (Å²) >= 11 is 0. The van der Waals surface area contributed by atoms with Crippen LogP contribution in [0.15, 0.2) is 31.3 Å². The van der Waals surface area contributed by atoms with Gasteiger partial charge in [0.15, 0.2) is 0 Å². The molecule has 0 amide bonds. The monoisotopic (exact) mass is 357 g/mol. The lowest BCUT2D eigenvalue weighted by Gasteiger charge is -2.01. The number of nitrogen functional groups attached to an aromatic ring is 1. The summed E-state index contributed by atoms with van der Waals surface area (Å²) in [5.41, 5.74) is -2.12. The molecule has 0 unspecified atom stereocenters. The van der Waals surface area contributed by atoms with Crippen LogP contribution in [0.3, 0.4) is 0 Å². The van der Waals surface area contributed by atoms with Crippen molar-refractivity contribution in [3.05, 3.63) is 53.5 Å². The Balaban J connectivity index is 1.86. The predicted molar refractivity (Wildman–Crippen MR) is 103 cm³/mol.